The zero-order valence-electron chi connectivity index (χ0n) is 10.5. The second-order valence-electron chi connectivity index (χ2n) is 4.08. The van der Waals surface area contributed by atoms with E-state index in [1.54, 1.807) is 19.1 Å². The number of rotatable bonds is 4. The average Bonchev–Trinajstić information content (AvgIpc) is 2.89. The number of thiazole rings is 1. The first kappa shape index (κ1) is 14.9. The summed E-state index contributed by atoms with van der Waals surface area (Å²) in [5.41, 5.74) is 0.563. The minimum absolute atomic E-state index is 0.000337. The highest BCUT2D eigenvalue weighted by Crippen LogP contribution is 2.18. The van der Waals surface area contributed by atoms with Crippen molar-refractivity contribution in [3.8, 4) is 0 Å². The Morgan fingerprint density at radius 3 is 2.55 bits per heavy atom. The zero-order chi connectivity index (χ0) is 14.7. The second-order valence-corrected chi connectivity index (χ2v) is 6.21. The molecule has 0 saturated carbocycles. The van der Waals surface area contributed by atoms with Crippen LogP contribution >= 0.6 is 33.9 Å². The third-order valence-corrected chi connectivity index (χ3v) is 4.31. The lowest BCUT2D eigenvalue weighted by atomic mass is 10.2. The van der Waals surface area contributed by atoms with Gasteiger partial charge in [-0.1, -0.05) is 0 Å². The van der Waals surface area contributed by atoms with Gasteiger partial charge in [-0.25, -0.2) is 9.78 Å². The van der Waals surface area contributed by atoms with Crippen molar-refractivity contribution in [2.75, 3.05) is 0 Å². The summed E-state index contributed by atoms with van der Waals surface area (Å²) in [6, 6.07) is 6.86. The van der Waals surface area contributed by atoms with Crippen LogP contribution in [-0.4, -0.2) is 22.0 Å². The van der Waals surface area contributed by atoms with E-state index in [2.05, 4.69) is 32.9 Å². The van der Waals surface area contributed by atoms with Crippen LogP contribution in [0.25, 0.3) is 0 Å². The van der Waals surface area contributed by atoms with Crippen LogP contribution in [0.4, 0.5) is 0 Å². The molecule has 0 aliphatic carbocycles. The number of nitrogens with one attached hydrogen (secondary N) is 1. The van der Waals surface area contributed by atoms with Gasteiger partial charge < -0.3 is 10.4 Å². The van der Waals surface area contributed by atoms with Crippen LogP contribution in [0.2, 0.25) is 0 Å². The van der Waals surface area contributed by atoms with Crippen molar-refractivity contribution in [2.24, 2.45) is 0 Å². The van der Waals surface area contributed by atoms with E-state index < -0.39 is 5.97 Å². The standard InChI is InChI=1S/C13H11IN2O3S/c1-7(12-16-10(6-20-12)13(18)19)15-11(17)8-2-4-9(14)5-3-8/h2-7H,1H3,(H,15,17)(H,18,19). The molecule has 0 saturated heterocycles. The third kappa shape index (κ3) is 3.54. The lowest BCUT2D eigenvalue weighted by Crippen LogP contribution is -2.26. The van der Waals surface area contributed by atoms with Gasteiger partial charge in [-0.05, 0) is 53.8 Å². The van der Waals surface area contributed by atoms with Crippen molar-refractivity contribution < 1.29 is 14.7 Å². The average molecular weight is 402 g/mol. The van der Waals surface area contributed by atoms with E-state index in [9.17, 15) is 9.59 Å². The molecule has 1 atom stereocenters. The number of hydrogen-bond donors (Lipinski definition) is 2. The summed E-state index contributed by atoms with van der Waals surface area (Å²) in [5, 5.41) is 13.7. The maximum Gasteiger partial charge on any atom is 0.355 e. The molecule has 2 aromatic rings. The lowest BCUT2D eigenvalue weighted by Gasteiger charge is -2.11. The minimum atomic E-state index is -1.07. The first-order valence-corrected chi connectivity index (χ1v) is 7.68. The number of carboxylic acid groups (broad SMARTS) is 1. The highest BCUT2D eigenvalue weighted by molar-refractivity contribution is 14.1. The number of amides is 1. The first-order chi connectivity index (χ1) is 9.47. The molecule has 1 heterocycles. The van der Waals surface area contributed by atoms with E-state index in [1.807, 2.05) is 12.1 Å². The van der Waals surface area contributed by atoms with Gasteiger partial charge in [-0.15, -0.1) is 11.3 Å². The van der Waals surface area contributed by atoms with E-state index in [0.717, 1.165) is 3.57 Å². The molecule has 5 nitrogen and oxygen atoms in total. The lowest BCUT2D eigenvalue weighted by molar-refractivity contribution is 0.0691. The number of carboxylic acids is 1. The quantitative estimate of drug-likeness (QED) is 0.771. The molecule has 1 unspecified atom stereocenters. The summed E-state index contributed by atoms with van der Waals surface area (Å²) >= 11 is 3.39. The van der Waals surface area contributed by atoms with E-state index >= 15 is 0 Å². The van der Waals surface area contributed by atoms with Gasteiger partial charge in [0, 0.05) is 14.5 Å². The van der Waals surface area contributed by atoms with Crippen molar-refractivity contribution in [1.29, 1.82) is 0 Å². The smallest absolute Gasteiger partial charge is 0.355 e. The Balaban J connectivity index is 2.06. The molecular formula is C13H11IN2O3S. The third-order valence-electron chi connectivity index (χ3n) is 2.57. The van der Waals surface area contributed by atoms with E-state index in [4.69, 9.17) is 5.11 Å². The van der Waals surface area contributed by atoms with Crippen molar-refractivity contribution >= 4 is 45.8 Å². The predicted octanol–water partition coefficient (Wildman–Crippen LogP) is 2.94. The number of halogens is 1. The molecule has 7 heteroatoms. The normalized spacial score (nSPS) is 11.9. The fourth-order valence-electron chi connectivity index (χ4n) is 1.53. The van der Waals surface area contributed by atoms with Crippen molar-refractivity contribution in [2.45, 2.75) is 13.0 Å². The van der Waals surface area contributed by atoms with Gasteiger partial charge in [0.25, 0.3) is 5.91 Å². The van der Waals surface area contributed by atoms with E-state index in [-0.39, 0.29) is 17.6 Å². The molecule has 2 N–H and O–H groups in total. The fraction of sp³-hybridized carbons (Fsp3) is 0.154. The Morgan fingerprint density at radius 1 is 1.35 bits per heavy atom. The number of carbonyl (C=O) groups is 2. The predicted molar refractivity (Wildman–Crippen MR) is 84.1 cm³/mol. The van der Waals surface area contributed by atoms with Gasteiger partial charge >= 0.3 is 5.97 Å². The van der Waals surface area contributed by atoms with Crippen LogP contribution in [0, 0.1) is 3.57 Å². The molecular weight excluding hydrogens is 391 g/mol. The Kier molecular flexibility index (Phi) is 4.71. The van der Waals surface area contributed by atoms with E-state index in [1.165, 1.54) is 16.7 Å². The molecule has 0 fully saturated rings. The summed E-state index contributed by atoms with van der Waals surface area (Å²) in [4.78, 5) is 26.8. The van der Waals surface area contributed by atoms with Crippen LogP contribution in [0.1, 0.15) is 38.8 Å². The van der Waals surface area contributed by atoms with Crippen molar-refractivity contribution in [1.82, 2.24) is 10.3 Å². The maximum absolute atomic E-state index is 12.0. The van der Waals surface area contributed by atoms with Crippen molar-refractivity contribution in [3.05, 3.63) is 49.5 Å². The van der Waals surface area contributed by atoms with Crippen LogP contribution in [0.15, 0.2) is 29.6 Å². The fourth-order valence-corrected chi connectivity index (χ4v) is 2.69. The Hall–Kier alpha value is -1.48. The summed E-state index contributed by atoms with van der Waals surface area (Å²) in [7, 11) is 0. The number of carbonyl (C=O) groups excluding carboxylic acids is 1. The summed E-state index contributed by atoms with van der Waals surface area (Å²) in [6.07, 6.45) is 0. The van der Waals surface area contributed by atoms with Crippen molar-refractivity contribution in [3.63, 3.8) is 0 Å². The number of aromatic nitrogens is 1. The Morgan fingerprint density at radius 2 is 2.00 bits per heavy atom. The summed E-state index contributed by atoms with van der Waals surface area (Å²) in [5.74, 6) is -1.27. The number of benzene rings is 1. The Labute approximate surface area is 133 Å². The van der Waals surface area contributed by atoms with Crippen LogP contribution in [-0.2, 0) is 0 Å². The van der Waals surface area contributed by atoms with Crippen LogP contribution < -0.4 is 5.32 Å². The molecule has 20 heavy (non-hydrogen) atoms. The largest absolute Gasteiger partial charge is 0.476 e. The highest BCUT2D eigenvalue weighted by atomic mass is 127. The maximum atomic E-state index is 12.0. The summed E-state index contributed by atoms with van der Waals surface area (Å²) < 4.78 is 1.05. The number of hydrogen-bond acceptors (Lipinski definition) is 4. The zero-order valence-corrected chi connectivity index (χ0v) is 13.4. The molecule has 0 spiro atoms. The Bertz CT molecular complexity index is 639. The number of nitrogens with zero attached hydrogens (tertiary/aromatic N) is 1. The van der Waals surface area contributed by atoms with E-state index in [0.29, 0.717) is 10.6 Å². The SMILES string of the molecule is CC(NC(=O)c1ccc(I)cc1)c1nc(C(=O)O)cs1. The molecule has 1 aromatic heterocycles. The molecule has 1 aromatic carbocycles. The van der Waals surface area contributed by atoms with Gasteiger partial charge in [-0.3, -0.25) is 4.79 Å². The van der Waals surface area contributed by atoms with Gasteiger partial charge in [0.1, 0.15) is 5.01 Å². The first-order valence-electron chi connectivity index (χ1n) is 5.72. The van der Waals surface area contributed by atoms with Gasteiger partial charge in [0.05, 0.1) is 6.04 Å². The summed E-state index contributed by atoms with van der Waals surface area (Å²) in [6.45, 7) is 1.77. The van der Waals surface area contributed by atoms with Gasteiger partial charge in [-0.2, -0.15) is 0 Å². The topological polar surface area (TPSA) is 79.3 Å². The second kappa shape index (κ2) is 6.31. The molecule has 0 bridgehead atoms. The molecule has 0 aliphatic heterocycles. The molecule has 104 valence electrons. The molecule has 1 amide bonds. The van der Waals surface area contributed by atoms with Gasteiger partial charge in [0.2, 0.25) is 0 Å². The van der Waals surface area contributed by atoms with Gasteiger partial charge in [0.15, 0.2) is 5.69 Å². The highest BCUT2D eigenvalue weighted by Gasteiger charge is 2.16. The molecule has 0 aliphatic rings. The monoisotopic (exact) mass is 402 g/mol. The van der Waals surface area contributed by atoms with Crippen LogP contribution in [0.3, 0.4) is 0 Å². The molecule has 0 radical (unpaired) electrons. The molecule has 2 rings (SSSR count). The van der Waals surface area contributed by atoms with Crippen LogP contribution in [0.5, 0.6) is 0 Å². The number of aromatic carboxylic acids is 1. The minimum Gasteiger partial charge on any atom is -0.476 e.